The molecule has 1 saturated heterocycles. The summed E-state index contributed by atoms with van der Waals surface area (Å²) in [4.78, 5) is 2.84. The first-order chi connectivity index (χ1) is 7.75. The van der Waals surface area contributed by atoms with Crippen LogP contribution in [-0.2, 0) is 7.05 Å². The second-order valence-electron chi connectivity index (χ2n) is 4.62. The van der Waals surface area contributed by atoms with Crippen molar-refractivity contribution in [1.82, 2.24) is 15.1 Å². The quantitative estimate of drug-likeness (QED) is 0.822. The Hall–Kier alpha value is -0.870. The third kappa shape index (κ3) is 1.57. The lowest BCUT2D eigenvalue weighted by Crippen LogP contribution is -2.27. The van der Waals surface area contributed by atoms with Crippen molar-refractivity contribution in [1.29, 1.82) is 0 Å². The van der Waals surface area contributed by atoms with E-state index in [1.807, 2.05) is 23.1 Å². The number of hydrogen-bond acceptors (Lipinski definition) is 3. The van der Waals surface area contributed by atoms with Crippen LogP contribution in [0.1, 0.15) is 29.3 Å². The fourth-order valence-electron chi connectivity index (χ4n) is 2.52. The van der Waals surface area contributed by atoms with Crippen molar-refractivity contribution in [3.63, 3.8) is 0 Å². The molecule has 3 rings (SSSR count). The lowest BCUT2D eigenvalue weighted by atomic mass is 9.98. The molecular formula is C12H17N3S. The van der Waals surface area contributed by atoms with Crippen molar-refractivity contribution in [2.24, 2.45) is 7.05 Å². The first-order valence-electron chi connectivity index (χ1n) is 5.89. The van der Waals surface area contributed by atoms with Crippen molar-refractivity contribution in [3.05, 3.63) is 16.6 Å². The predicted octanol–water partition coefficient (Wildman–Crippen LogP) is 2.41. The second-order valence-corrected chi connectivity index (χ2v) is 5.68. The van der Waals surface area contributed by atoms with Crippen LogP contribution in [0.15, 0.2) is 6.07 Å². The third-order valence-corrected chi connectivity index (χ3v) is 4.78. The predicted molar refractivity (Wildman–Crippen MR) is 68.2 cm³/mol. The second kappa shape index (κ2) is 3.86. The normalized spacial score (nSPS) is 21.8. The van der Waals surface area contributed by atoms with E-state index in [1.165, 1.54) is 34.5 Å². The summed E-state index contributed by atoms with van der Waals surface area (Å²) in [6.07, 6.45) is 2.63. The average molecular weight is 235 g/mol. The smallest absolute Gasteiger partial charge is 0.121 e. The zero-order valence-corrected chi connectivity index (χ0v) is 10.6. The van der Waals surface area contributed by atoms with Crippen LogP contribution in [0.25, 0.3) is 10.2 Å². The summed E-state index contributed by atoms with van der Waals surface area (Å²) in [6.45, 7) is 4.42. The maximum atomic E-state index is 4.45. The average Bonchev–Trinajstić information content (AvgIpc) is 2.83. The van der Waals surface area contributed by atoms with Gasteiger partial charge in [-0.2, -0.15) is 5.10 Å². The minimum Gasteiger partial charge on any atom is -0.316 e. The van der Waals surface area contributed by atoms with Crippen molar-refractivity contribution >= 4 is 21.6 Å². The monoisotopic (exact) mass is 235 g/mol. The third-order valence-electron chi connectivity index (χ3n) is 3.41. The molecule has 1 N–H and O–H groups in total. The molecule has 1 fully saturated rings. The van der Waals surface area contributed by atoms with Gasteiger partial charge < -0.3 is 5.32 Å². The number of fused-ring (bicyclic) bond motifs is 1. The summed E-state index contributed by atoms with van der Waals surface area (Å²) in [7, 11) is 2.04. The van der Waals surface area contributed by atoms with E-state index in [9.17, 15) is 0 Å². The number of hydrogen-bond donors (Lipinski definition) is 1. The van der Waals surface area contributed by atoms with Gasteiger partial charge >= 0.3 is 0 Å². The summed E-state index contributed by atoms with van der Waals surface area (Å²) in [6, 6.07) is 2.35. The highest BCUT2D eigenvalue weighted by molar-refractivity contribution is 7.18. The highest BCUT2D eigenvalue weighted by Gasteiger charge is 2.19. The Morgan fingerprint density at radius 3 is 3.12 bits per heavy atom. The van der Waals surface area contributed by atoms with Gasteiger partial charge in [0.2, 0.25) is 0 Å². The van der Waals surface area contributed by atoms with Crippen LogP contribution in [0.4, 0.5) is 0 Å². The fourth-order valence-corrected chi connectivity index (χ4v) is 3.78. The minimum atomic E-state index is 0.713. The number of rotatable bonds is 1. The van der Waals surface area contributed by atoms with Gasteiger partial charge in [-0.25, -0.2) is 0 Å². The van der Waals surface area contributed by atoms with Crippen molar-refractivity contribution < 1.29 is 0 Å². The van der Waals surface area contributed by atoms with Crippen LogP contribution in [-0.4, -0.2) is 22.9 Å². The molecule has 3 heterocycles. The van der Waals surface area contributed by atoms with Crippen LogP contribution < -0.4 is 5.32 Å². The highest BCUT2D eigenvalue weighted by Crippen LogP contribution is 2.34. The molecule has 4 heteroatoms. The molecule has 0 spiro atoms. The molecule has 0 aliphatic carbocycles. The maximum Gasteiger partial charge on any atom is 0.121 e. The summed E-state index contributed by atoms with van der Waals surface area (Å²) >= 11 is 1.91. The van der Waals surface area contributed by atoms with E-state index in [4.69, 9.17) is 0 Å². The fraction of sp³-hybridized carbons (Fsp3) is 0.583. The topological polar surface area (TPSA) is 29.9 Å². The molecule has 0 amide bonds. The van der Waals surface area contributed by atoms with Crippen LogP contribution in [0.3, 0.4) is 0 Å². The first-order valence-corrected chi connectivity index (χ1v) is 6.71. The molecule has 1 aliphatic heterocycles. The van der Waals surface area contributed by atoms with Crippen LogP contribution in [0.2, 0.25) is 0 Å². The van der Waals surface area contributed by atoms with Crippen molar-refractivity contribution in [2.45, 2.75) is 25.7 Å². The number of piperidine rings is 1. The largest absolute Gasteiger partial charge is 0.316 e. The lowest BCUT2D eigenvalue weighted by Gasteiger charge is -2.21. The van der Waals surface area contributed by atoms with Gasteiger partial charge in [-0.3, -0.25) is 4.68 Å². The minimum absolute atomic E-state index is 0.713. The van der Waals surface area contributed by atoms with E-state index in [-0.39, 0.29) is 0 Å². The molecular weight excluding hydrogens is 218 g/mol. The Kier molecular flexibility index (Phi) is 2.48. The van der Waals surface area contributed by atoms with Gasteiger partial charge in [0.25, 0.3) is 0 Å². The Labute approximate surface area is 99.5 Å². The van der Waals surface area contributed by atoms with E-state index in [1.54, 1.807) is 0 Å². The number of thiophene rings is 1. The van der Waals surface area contributed by atoms with Gasteiger partial charge in [0.05, 0.1) is 5.69 Å². The molecule has 16 heavy (non-hydrogen) atoms. The van der Waals surface area contributed by atoms with Gasteiger partial charge in [0.1, 0.15) is 4.83 Å². The summed E-state index contributed by atoms with van der Waals surface area (Å²) in [5, 5.41) is 9.27. The van der Waals surface area contributed by atoms with E-state index >= 15 is 0 Å². The van der Waals surface area contributed by atoms with Crippen LogP contribution in [0, 0.1) is 6.92 Å². The maximum absolute atomic E-state index is 4.45. The molecule has 0 saturated carbocycles. The van der Waals surface area contributed by atoms with Gasteiger partial charge in [0.15, 0.2) is 0 Å². The molecule has 1 atom stereocenters. The molecule has 3 nitrogen and oxygen atoms in total. The Balaban J connectivity index is 2.01. The van der Waals surface area contributed by atoms with E-state index in [0.29, 0.717) is 5.92 Å². The molecule has 1 aliphatic rings. The van der Waals surface area contributed by atoms with Gasteiger partial charge in [-0.15, -0.1) is 11.3 Å². The summed E-state index contributed by atoms with van der Waals surface area (Å²) in [5.41, 5.74) is 1.16. The molecule has 86 valence electrons. The number of aromatic nitrogens is 2. The van der Waals surface area contributed by atoms with Gasteiger partial charge in [-0.1, -0.05) is 0 Å². The van der Waals surface area contributed by atoms with E-state index < -0.39 is 0 Å². The number of nitrogens with one attached hydrogen (secondary N) is 1. The Bertz CT molecular complexity index is 471. The Morgan fingerprint density at radius 2 is 2.44 bits per heavy atom. The molecule has 0 bridgehead atoms. The summed E-state index contributed by atoms with van der Waals surface area (Å²) < 4.78 is 2.01. The molecule has 0 aromatic carbocycles. The highest BCUT2D eigenvalue weighted by atomic mass is 32.1. The zero-order chi connectivity index (χ0) is 11.1. The van der Waals surface area contributed by atoms with Crippen LogP contribution in [0.5, 0.6) is 0 Å². The molecule has 2 aromatic heterocycles. The lowest BCUT2D eigenvalue weighted by molar-refractivity contribution is 0.466. The molecule has 1 unspecified atom stereocenters. The number of nitrogens with zero attached hydrogens (tertiary/aromatic N) is 2. The van der Waals surface area contributed by atoms with E-state index in [2.05, 4.69) is 23.4 Å². The SMILES string of the molecule is Cc1nn(C)c2sc(C3CCCNC3)cc12. The first kappa shape index (κ1) is 10.3. The zero-order valence-electron chi connectivity index (χ0n) is 9.79. The van der Waals surface area contributed by atoms with E-state index in [0.717, 1.165) is 12.2 Å². The van der Waals surface area contributed by atoms with Crippen molar-refractivity contribution in [2.75, 3.05) is 13.1 Å². The molecule has 0 radical (unpaired) electrons. The number of aryl methyl sites for hydroxylation is 2. The Morgan fingerprint density at radius 1 is 1.56 bits per heavy atom. The van der Waals surface area contributed by atoms with Gasteiger partial charge in [0, 0.05) is 29.8 Å². The van der Waals surface area contributed by atoms with Crippen molar-refractivity contribution in [3.8, 4) is 0 Å². The van der Waals surface area contributed by atoms with Crippen LogP contribution >= 0.6 is 11.3 Å². The van der Waals surface area contributed by atoms with Gasteiger partial charge in [-0.05, 0) is 32.4 Å². The molecule has 2 aromatic rings. The summed E-state index contributed by atoms with van der Waals surface area (Å²) in [5.74, 6) is 0.713. The standard InChI is InChI=1S/C12H17N3S/c1-8-10-6-11(9-4-3-5-13-7-9)16-12(10)15(2)14-8/h6,9,13H,3-5,7H2,1-2H3.